The lowest BCUT2D eigenvalue weighted by Gasteiger charge is -2.33. The van der Waals surface area contributed by atoms with E-state index in [2.05, 4.69) is 0 Å². The van der Waals surface area contributed by atoms with Crippen LogP contribution in [0.4, 0.5) is 16.2 Å². The number of carbonyl (C=O) groups is 1. The van der Waals surface area contributed by atoms with Crippen molar-refractivity contribution in [3.05, 3.63) is 33.9 Å². The Labute approximate surface area is 104 Å². The first-order valence-electron chi connectivity index (χ1n) is 5.69. The van der Waals surface area contributed by atoms with Gasteiger partial charge in [0.25, 0.3) is 5.69 Å². The summed E-state index contributed by atoms with van der Waals surface area (Å²) < 4.78 is 4.73. The highest BCUT2D eigenvalue weighted by atomic mass is 16.6. The van der Waals surface area contributed by atoms with Crippen molar-refractivity contribution in [1.82, 2.24) is 0 Å². The van der Waals surface area contributed by atoms with E-state index in [1.807, 2.05) is 6.92 Å². The minimum absolute atomic E-state index is 0.0213. The molecule has 0 spiro atoms. The molecule has 1 aromatic carbocycles. The van der Waals surface area contributed by atoms with Crippen molar-refractivity contribution < 1.29 is 14.5 Å². The second-order valence-corrected chi connectivity index (χ2v) is 4.26. The van der Waals surface area contributed by atoms with Crippen LogP contribution in [0.1, 0.15) is 18.9 Å². The van der Waals surface area contributed by atoms with E-state index in [4.69, 9.17) is 4.74 Å². The fourth-order valence-corrected chi connectivity index (χ4v) is 2.31. The Bertz CT molecular complexity index is 501. The third kappa shape index (κ3) is 1.90. The smallest absolute Gasteiger partial charge is 0.414 e. The quantitative estimate of drug-likeness (QED) is 0.567. The number of nitro groups is 1. The fourth-order valence-electron chi connectivity index (χ4n) is 2.31. The van der Waals surface area contributed by atoms with Crippen LogP contribution >= 0.6 is 0 Å². The number of hydrogen-bond donors (Lipinski definition) is 0. The van der Waals surface area contributed by atoms with Crippen LogP contribution in [0.3, 0.4) is 0 Å². The van der Waals surface area contributed by atoms with Gasteiger partial charge < -0.3 is 4.74 Å². The molecule has 0 aromatic heterocycles. The SMILES string of the molecule is COC(=O)N1c2cccc([N+](=O)[O-])c2CCC1C. The summed E-state index contributed by atoms with van der Waals surface area (Å²) in [5, 5.41) is 11.0. The van der Waals surface area contributed by atoms with Crippen molar-refractivity contribution in [1.29, 1.82) is 0 Å². The van der Waals surface area contributed by atoms with Gasteiger partial charge in [0.1, 0.15) is 0 Å². The highest BCUT2D eigenvalue weighted by Crippen LogP contribution is 2.36. The van der Waals surface area contributed by atoms with E-state index >= 15 is 0 Å². The summed E-state index contributed by atoms with van der Waals surface area (Å²) in [6.07, 6.45) is 0.803. The van der Waals surface area contributed by atoms with Gasteiger partial charge in [-0.2, -0.15) is 0 Å². The first-order chi connectivity index (χ1) is 8.56. The van der Waals surface area contributed by atoms with Gasteiger partial charge in [0.2, 0.25) is 0 Å². The Morgan fingerprint density at radius 2 is 2.28 bits per heavy atom. The molecule has 0 radical (unpaired) electrons. The average Bonchev–Trinajstić information content (AvgIpc) is 2.36. The number of nitrogens with zero attached hydrogens (tertiary/aromatic N) is 2. The highest BCUT2D eigenvalue weighted by Gasteiger charge is 2.32. The predicted octanol–water partition coefficient (Wildman–Crippen LogP) is 2.50. The molecule has 1 unspecified atom stereocenters. The number of hydrogen-bond acceptors (Lipinski definition) is 4. The van der Waals surface area contributed by atoms with Crippen LogP contribution < -0.4 is 4.90 Å². The summed E-state index contributed by atoms with van der Waals surface area (Å²) in [6.45, 7) is 1.90. The van der Waals surface area contributed by atoms with E-state index in [1.54, 1.807) is 12.1 Å². The summed E-state index contributed by atoms with van der Waals surface area (Å²) in [5.74, 6) is 0. The molecule has 1 aromatic rings. The topological polar surface area (TPSA) is 72.7 Å². The van der Waals surface area contributed by atoms with Crippen LogP contribution in [0, 0.1) is 10.1 Å². The molecule has 0 fully saturated rings. The number of methoxy groups -OCH3 is 1. The molecule has 18 heavy (non-hydrogen) atoms. The van der Waals surface area contributed by atoms with E-state index in [1.165, 1.54) is 18.1 Å². The Morgan fingerprint density at radius 3 is 2.89 bits per heavy atom. The van der Waals surface area contributed by atoms with E-state index in [9.17, 15) is 14.9 Å². The lowest BCUT2D eigenvalue weighted by Crippen LogP contribution is -2.42. The van der Waals surface area contributed by atoms with Gasteiger partial charge in [-0.15, -0.1) is 0 Å². The monoisotopic (exact) mass is 250 g/mol. The van der Waals surface area contributed by atoms with Gasteiger partial charge in [-0.05, 0) is 25.8 Å². The van der Waals surface area contributed by atoms with Crippen LogP contribution in [0.25, 0.3) is 0 Å². The number of fused-ring (bicyclic) bond motifs is 1. The van der Waals surface area contributed by atoms with E-state index < -0.39 is 11.0 Å². The summed E-state index contributed by atoms with van der Waals surface area (Å²) in [6, 6.07) is 4.75. The van der Waals surface area contributed by atoms with E-state index in [0.717, 1.165) is 0 Å². The van der Waals surface area contributed by atoms with Crippen molar-refractivity contribution >= 4 is 17.5 Å². The molecule has 6 nitrogen and oxygen atoms in total. The van der Waals surface area contributed by atoms with Crippen molar-refractivity contribution in [2.24, 2.45) is 0 Å². The number of ether oxygens (including phenoxy) is 1. The predicted molar refractivity (Wildman–Crippen MR) is 65.8 cm³/mol. The summed E-state index contributed by atoms with van der Waals surface area (Å²) >= 11 is 0. The average molecular weight is 250 g/mol. The maximum Gasteiger partial charge on any atom is 0.414 e. The van der Waals surface area contributed by atoms with E-state index in [0.29, 0.717) is 24.1 Å². The molecule has 1 aliphatic heterocycles. The standard InChI is InChI=1S/C12H14N2O4/c1-8-6-7-9-10(13(8)12(15)18-2)4-3-5-11(9)14(16)17/h3-5,8H,6-7H2,1-2H3. The van der Waals surface area contributed by atoms with Gasteiger partial charge in [0, 0.05) is 12.1 Å². The van der Waals surface area contributed by atoms with Crippen LogP contribution in [-0.4, -0.2) is 24.2 Å². The third-order valence-electron chi connectivity index (χ3n) is 3.21. The second kappa shape index (κ2) is 4.64. The maximum absolute atomic E-state index is 11.8. The van der Waals surface area contributed by atoms with Crippen molar-refractivity contribution in [3.8, 4) is 0 Å². The number of benzene rings is 1. The van der Waals surface area contributed by atoms with Crippen molar-refractivity contribution in [3.63, 3.8) is 0 Å². The molecule has 0 N–H and O–H groups in total. The molecule has 6 heteroatoms. The highest BCUT2D eigenvalue weighted by molar-refractivity contribution is 5.90. The molecular formula is C12H14N2O4. The molecule has 1 amide bonds. The molecule has 1 aliphatic rings. The van der Waals surface area contributed by atoms with Crippen molar-refractivity contribution in [2.45, 2.75) is 25.8 Å². The first-order valence-corrected chi connectivity index (χ1v) is 5.69. The zero-order valence-corrected chi connectivity index (χ0v) is 10.3. The number of rotatable bonds is 1. The number of carbonyl (C=O) groups excluding carboxylic acids is 1. The lowest BCUT2D eigenvalue weighted by atomic mass is 9.95. The van der Waals surface area contributed by atoms with Gasteiger partial charge in [0.15, 0.2) is 0 Å². The second-order valence-electron chi connectivity index (χ2n) is 4.26. The zero-order valence-electron chi connectivity index (χ0n) is 10.3. The maximum atomic E-state index is 11.8. The first kappa shape index (κ1) is 12.3. The van der Waals surface area contributed by atoms with Crippen LogP contribution in [0.2, 0.25) is 0 Å². The van der Waals surface area contributed by atoms with Gasteiger partial charge in [0.05, 0.1) is 23.3 Å². The molecule has 0 saturated heterocycles. The Hall–Kier alpha value is -2.11. The summed E-state index contributed by atoms with van der Waals surface area (Å²) in [4.78, 5) is 23.8. The van der Waals surface area contributed by atoms with Crippen LogP contribution in [0.15, 0.2) is 18.2 Å². The zero-order chi connectivity index (χ0) is 13.3. The molecule has 2 rings (SSSR count). The Kier molecular flexibility index (Phi) is 3.18. The minimum atomic E-state index is -0.482. The van der Waals surface area contributed by atoms with Crippen LogP contribution in [0.5, 0.6) is 0 Å². The Balaban J connectivity index is 2.54. The van der Waals surface area contributed by atoms with E-state index in [-0.39, 0.29) is 11.7 Å². The van der Waals surface area contributed by atoms with Gasteiger partial charge >= 0.3 is 6.09 Å². The molecular weight excluding hydrogens is 236 g/mol. The molecule has 0 saturated carbocycles. The lowest BCUT2D eigenvalue weighted by molar-refractivity contribution is -0.385. The minimum Gasteiger partial charge on any atom is -0.452 e. The summed E-state index contributed by atoms with van der Waals surface area (Å²) in [5.41, 5.74) is 1.24. The third-order valence-corrected chi connectivity index (χ3v) is 3.21. The molecule has 96 valence electrons. The molecule has 0 bridgehead atoms. The van der Waals surface area contributed by atoms with Crippen molar-refractivity contribution in [2.75, 3.05) is 12.0 Å². The van der Waals surface area contributed by atoms with Gasteiger partial charge in [-0.3, -0.25) is 15.0 Å². The molecule has 0 aliphatic carbocycles. The number of amides is 1. The summed E-state index contributed by atoms with van der Waals surface area (Å²) in [7, 11) is 1.31. The largest absolute Gasteiger partial charge is 0.452 e. The van der Waals surface area contributed by atoms with Crippen LogP contribution in [-0.2, 0) is 11.2 Å². The van der Waals surface area contributed by atoms with Gasteiger partial charge in [-0.1, -0.05) is 6.07 Å². The molecule has 1 atom stereocenters. The number of anilines is 1. The van der Waals surface area contributed by atoms with Gasteiger partial charge in [-0.25, -0.2) is 4.79 Å². The molecule has 1 heterocycles. The normalized spacial score (nSPS) is 18.1. The number of nitro benzene ring substituents is 1. The Morgan fingerprint density at radius 1 is 1.56 bits per heavy atom. The fraction of sp³-hybridized carbons (Fsp3) is 0.417.